The van der Waals surface area contributed by atoms with Crippen molar-refractivity contribution in [2.45, 2.75) is 25.6 Å². The number of rotatable bonds is 5. The van der Waals surface area contributed by atoms with E-state index >= 15 is 0 Å². The zero-order valence-corrected chi connectivity index (χ0v) is 10.2. The van der Waals surface area contributed by atoms with E-state index in [1.807, 2.05) is 0 Å². The van der Waals surface area contributed by atoms with Crippen molar-refractivity contribution in [3.63, 3.8) is 0 Å². The predicted octanol–water partition coefficient (Wildman–Crippen LogP) is 0.0669. The first-order valence-corrected chi connectivity index (χ1v) is 6.74. The number of halogens is 3. The fourth-order valence-electron chi connectivity index (χ4n) is 1.77. The molecule has 1 fully saturated rings. The molecule has 2 N–H and O–H groups in total. The third-order valence-electron chi connectivity index (χ3n) is 2.52. The first-order chi connectivity index (χ1) is 7.76. The second-order valence-corrected chi connectivity index (χ2v) is 5.50. The molecule has 0 aromatic heterocycles. The standard InChI is InChI=1S/C8H16F3N3O2S/c1-2-14(7-3-4-12-5-7)17(15,16)13-6-8(9,10)11/h7,12-13H,2-6H2,1H3. The second kappa shape index (κ2) is 5.51. The van der Waals surface area contributed by atoms with Gasteiger partial charge in [0.2, 0.25) is 0 Å². The largest absolute Gasteiger partial charge is 0.402 e. The maximum atomic E-state index is 12.0. The Morgan fingerprint density at radius 2 is 2.12 bits per heavy atom. The Bertz CT molecular complexity index is 338. The van der Waals surface area contributed by atoms with E-state index in [1.165, 1.54) is 0 Å². The van der Waals surface area contributed by atoms with E-state index < -0.39 is 22.9 Å². The van der Waals surface area contributed by atoms with Crippen LogP contribution in [0.25, 0.3) is 0 Å². The van der Waals surface area contributed by atoms with Gasteiger partial charge in [0.05, 0.1) is 0 Å². The molecule has 1 rings (SSSR count). The Balaban J connectivity index is 2.65. The summed E-state index contributed by atoms with van der Waals surface area (Å²) < 4.78 is 61.9. The topological polar surface area (TPSA) is 61.4 Å². The number of likely N-dealkylation sites (N-methyl/N-ethyl adjacent to an activating group) is 1. The van der Waals surface area contributed by atoms with Gasteiger partial charge >= 0.3 is 6.18 Å². The van der Waals surface area contributed by atoms with Crippen LogP contribution in [0.5, 0.6) is 0 Å². The Morgan fingerprint density at radius 1 is 1.47 bits per heavy atom. The molecule has 1 heterocycles. The normalized spacial score (nSPS) is 22.3. The molecule has 0 bridgehead atoms. The van der Waals surface area contributed by atoms with Crippen LogP contribution in [0.15, 0.2) is 0 Å². The highest BCUT2D eigenvalue weighted by molar-refractivity contribution is 7.87. The summed E-state index contributed by atoms with van der Waals surface area (Å²) in [5, 5.41) is 2.98. The van der Waals surface area contributed by atoms with Gasteiger partial charge in [-0.25, -0.2) is 0 Å². The third-order valence-corrected chi connectivity index (χ3v) is 4.20. The van der Waals surface area contributed by atoms with Gasteiger partial charge in [0.1, 0.15) is 6.54 Å². The lowest BCUT2D eigenvalue weighted by Gasteiger charge is -2.26. The van der Waals surface area contributed by atoms with Crippen LogP contribution in [0.4, 0.5) is 13.2 Å². The van der Waals surface area contributed by atoms with Crippen LogP contribution in [0, 0.1) is 0 Å². The van der Waals surface area contributed by atoms with Crippen molar-refractivity contribution >= 4 is 10.2 Å². The Kier molecular flexibility index (Phi) is 4.76. The van der Waals surface area contributed by atoms with E-state index in [2.05, 4.69) is 5.32 Å². The SMILES string of the molecule is CCN(C1CCNC1)S(=O)(=O)NCC(F)(F)F. The van der Waals surface area contributed by atoms with Gasteiger partial charge in [-0.05, 0) is 13.0 Å². The van der Waals surface area contributed by atoms with Crippen molar-refractivity contribution in [3.05, 3.63) is 0 Å². The Labute approximate surface area is 98.5 Å². The van der Waals surface area contributed by atoms with E-state index in [4.69, 9.17) is 0 Å². The zero-order chi connectivity index (χ0) is 13.1. The summed E-state index contributed by atoms with van der Waals surface area (Å²) in [5.41, 5.74) is 0. The number of alkyl halides is 3. The second-order valence-electron chi connectivity index (χ2n) is 3.79. The predicted molar refractivity (Wildman–Crippen MR) is 56.6 cm³/mol. The minimum Gasteiger partial charge on any atom is -0.315 e. The molecule has 5 nitrogen and oxygen atoms in total. The number of nitrogens with one attached hydrogen (secondary N) is 2. The molecule has 0 aliphatic carbocycles. The molecule has 0 saturated carbocycles. The Hall–Kier alpha value is -0.380. The van der Waals surface area contributed by atoms with E-state index in [9.17, 15) is 21.6 Å². The molecule has 0 aromatic rings. The molecule has 1 saturated heterocycles. The van der Waals surface area contributed by atoms with Crippen LogP contribution >= 0.6 is 0 Å². The number of hydrogen-bond donors (Lipinski definition) is 2. The molecule has 1 aliphatic heterocycles. The van der Waals surface area contributed by atoms with E-state index in [0.717, 1.165) is 4.31 Å². The van der Waals surface area contributed by atoms with Gasteiger partial charge in [-0.3, -0.25) is 0 Å². The first kappa shape index (κ1) is 14.7. The van der Waals surface area contributed by atoms with E-state index in [-0.39, 0.29) is 12.6 Å². The average Bonchev–Trinajstić information content (AvgIpc) is 2.68. The molecule has 0 aromatic carbocycles. The third kappa shape index (κ3) is 4.41. The maximum absolute atomic E-state index is 12.0. The molecule has 102 valence electrons. The molecule has 9 heteroatoms. The van der Waals surface area contributed by atoms with Gasteiger partial charge < -0.3 is 5.32 Å². The van der Waals surface area contributed by atoms with Crippen LogP contribution in [-0.2, 0) is 10.2 Å². The summed E-state index contributed by atoms with van der Waals surface area (Å²) in [5.74, 6) is 0. The van der Waals surface area contributed by atoms with Crippen molar-refractivity contribution in [2.75, 3.05) is 26.2 Å². The molecule has 17 heavy (non-hydrogen) atoms. The number of nitrogens with zero attached hydrogens (tertiary/aromatic N) is 1. The summed E-state index contributed by atoms with van der Waals surface area (Å²) in [6, 6.07) is -0.272. The molecule has 1 atom stereocenters. The summed E-state index contributed by atoms with van der Waals surface area (Å²) >= 11 is 0. The Morgan fingerprint density at radius 3 is 2.53 bits per heavy atom. The number of hydrogen-bond acceptors (Lipinski definition) is 3. The smallest absolute Gasteiger partial charge is 0.315 e. The van der Waals surface area contributed by atoms with Crippen LogP contribution in [0.1, 0.15) is 13.3 Å². The highest BCUT2D eigenvalue weighted by atomic mass is 32.2. The zero-order valence-electron chi connectivity index (χ0n) is 9.42. The summed E-state index contributed by atoms with van der Waals surface area (Å²) in [7, 11) is -4.07. The minimum absolute atomic E-state index is 0.152. The van der Waals surface area contributed by atoms with Crippen molar-refractivity contribution in [2.24, 2.45) is 0 Å². The summed E-state index contributed by atoms with van der Waals surface area (Å²) in [6.45, 7) is 1.37. The lowest BCUT2D eigenvalue weighted by atomic mass is 10.3. The van der Waals surface area contributed by atoms with Crippen molar-refractivity contribution in [1.29, 1.82) is 0 Å². The lowest BCUT2D eigenvalue weighted by Crippen LogP contribution is -2.49. The molecule has 0 amide bonds. The summed E-state index contributed by atoms with van der Waals surface area (Å²) in [4.78, 5) is 0. The van der Waals surface area contributed by atoms with Crippen molar-refractivity contribution in [1.82, 2.24) is 14.3 Å². The van der Waals surface area contributed by atoms with Gasteiger partial charge in [0.25, 0.3) is 10.2 Å². The average molecular weight is 275 g/mol. The van der Waals surface area contributed by atoms with Crippen LogP contribution in [-0.4, -0.2) is 51.1 Å². The lowest BCUT2D eigenvalue weighted by molar-refractivity contribution is -0.121. The first-order valence-electron chi connectivity index (χ1n) is 5.30. The minimum atomic E-state index is -4.54. The fraction of sp³-hybridized carbons (Fsp3) is 1.00. The van der Waals surface area contributed by atoms with Gasteiger partial charge in [-0.2, -0.15) is 30.6 Å². The van der Waals surface area contributed by atoms with E-state index in [1.54, 1.807) is 11.6 Å². The van der Waals surface area contributed by atoms with Crippen LogP contribution in [0.3, 0.4) is 0 Å². The highest BCUT2D eigenvalue weighted by Gasteiger charge is 2.34. The molecule has 1 unspecified atom stereocenters. The quantitative estimate of drug-likeness (QED) is 0.746. The summed E-state index contributed by atoms with van der Waals surface area (Å²) in [6.07, 6.45) is -3.93. The van der Waals surface area contributed by atoms with Gasteiger partial charge in [-0.1, -0.05) is 6.92 Å². The fourth-order valence-corrected chi connectivity index (χ4v) is 3.19. The molecule has 0 spiro atoms. The van der Waals surface area contributed by atoms with Crippen LogP contribution < -0.4 is 10.0 Å². The van der Waals surface area contributed by atoms with Crippen LogP contribution in [0.2, 0.25) is 0 Å². The highest BCUT2D eigenvalue weighted by Crippen LogP contribution is 2.16. The van der Waals surface area contributed by atoms with E-state index in [0.29, 0.717) is 19.5 Å². The van der Waals surface area contributed by atoms with Gasteiger partial charge in [-0.15, -0.1) is 0 Å². The monoisotopic (exact) mass is 275 g/mol. The van der Waals surface area contributed by atoms with Crippen molar-refractivity contribution in [3.8, 4) is 0 Å². The maximum Gasteiger partial charge on any atom is 0.402 e. The van der Waals surface area contributed by atoms with Gasteiger partial charge in [0, 0.05) is 19.1 Å². The molecule has 0 radical (unpaired) electrons. The molecule has 1 aliphatic rings. The van der Waals surface area contributed by atoms with Crippen molar-refractivity contribution < 1.29 is 21.6 Å². The molecular weight excluding hydrogens is 259 g/mol. The van der Waals surface area contributed by atoms with Gasteiger partial charge in [0.15, 0.2) is 0 Å². The molecular formula is C8H16F3N3O2S.